The molecule has 352 valence electrons. The lowest BCUT2D eigenvalue weighted by molar-refractivity contribution is -0.152. The Bertz CT molecular complexity index is 2400. The van der Waals surface area contributed by atoms with E-state index in [2.05, 4.69) is 94.8 Å². The van der Waals surface area contributed by atoms with Gasteiger partial charge in [0.1, 0.15) is 42.8 Å². The van der Waals surface area contributed by atoms with Gasteiger partial charge in [-0.25, -0.2) is 0 Å². The van der Waals surface area contributed by atoms with Crippen molar-refractivity contribution in [3.8, 4) is 23.0 Å². The lowest BCUT2D eigenvalue weighted by Gasteiger charge is -2.20. The zero-order valence-corrected chi connectivity index (χ0v) is 40.9. The van der Waals surface area contributed by atoms with Crippen LogP contribution in [0.15, 0.2) is 158 Å². The highest BCUT2D eigenvalue weighted by Gasteiger charge is 2.17. The minimum absolute atomic E-state index is 0.0694. The van der Waals surface area contributed by atoms with Crippen LogP contribution in [0.2, 0.25) is 0 Å². The summed E-state index contributed by atoms with van der Waals surface area (Å²) in [5, 5.41) is 10.2. The second-order valence-corrected chi connectivity index (χ2v) is 16.4. The molecule has 0 saturated heterocycles. The van der Waals surface area contributed by atoms with Gasteiger partial charge < -0.3 is 38.3 Å². The number of allylic oxidation sites excluding steroid dienone is 2. The fraction of sp³-hybridized carbons (Fsp3) is 0.310. The molecule has 8 rings (SSSR count). The Morgan fingerprint density at radius 1 is 0.478 bits per heavy atom. The van der Waals surface area contributed by atoms with Crippen molar-refractivity contribution in [2.24, 2.45) is 0 Å². The Morgan fingerprint density at radius 2 is 0.896 bits per heavy atom. The summed E-state index contributed by atoms with van der Waals surface area (Å²) in [6, 6.07) is 48.9. The first kappa shape index (κ1) is 50.7. The average molecular weight is 970 g/mol. The van der Waals surface area contributed by atoms with Crippen molar-refractivity contribution in [3.05, 3.63) is 202 Å². The summed E-state index contributed by atoms with van der Waals surface area (Å²) < 4.78 is 39.3. The maximum Gasteiger partial charge on any atom is 0.191 e. The standard InChI is InChI=1S/C29H32O4.C23H20O2.C6H13BrO2/c1-3-30-29(31-4-2)21-33-25-15-13-23(14-16-25)27-12-8-11-24-19-26(17-18-28(24)27)32-20-22-9-6-5-7-10-22;24-20-11-9-18(10-12-20)22-8-4-7-19-15-21(13-14-23(19)22)25-16-17-5-2-1-3-6-17;1-3-8-6(5-7)9-4-2/h5-7,9-10,12-19,29H,3-4,8,11,20-21H2,1-2H3;1-3,5-6,8-15,24H,4,7,16H2;6H,3-5H2,1-2H3. The number of alkyl halides is 1. The van der Waals surface area contributed by atoms with Crippen molar-refractivity contribution < 1.29 is 38.3 Å². The van der Waals surface area contributed by atoms with E-state index >= 15 is 0 Å². The SMILES string of the molecule is CCOC(CBr)OCC.CCOC(COc1ccc(C2=CCCc3cc(OCc4ccccc4)ccc32)cc1)OCC.Oc1ccc(C2=CCCc3cc(OCc4ccccc4)ccc32)cc1. The molecule has 0 amide bonds. The minimum atomic E-state index is -0.342. The number of aryl methyl sites for hydroxylation is 2. The van der Waals surface area contributed by atoms with Gasteiger partial charge in [0.25, 0.3) is 0 Å². The van der Waals surface area contributed by atoms with E-state index in [9.17, 15) is 5.11 Å². The molecular weight excluding hydrogens is 905 g/mol. The molecular formula is C58H65BrO8. The van der Waals surface area contributed by atoms with Crippen molar-refractivity contribution in [2.45, 2.75) is 79.2 Å². The number of hydrogen-bond donors (Lipinski definition) is 1. The van der Waals surface area contributed by atoms with Crippen LogP contribution in [0.3, 0.4) is 0 Å². The zero-order chi connectivity index (χ0) is 47.1. The van der Waals surface area contributed by atoms with E-state index in [1.165, 1.54) is 50.1 Å². The van der Waals surface area contributed by atoms with Crippen molar-refractivity contribution in [1.82, 2.24) is 0 Å². The number of phenols is 1. The van der Waals surface area contributed by atoms with Crippen LogP contribution in [0.25, 0.3) is 11.1 Å². The third kappa shape index (κ3) is 16.0. The van der Waals surface area contributed by atoms with Gasteiger partial charge in [0.2, 0.25) is 0 Å². The van der Waals surface area contributed by atoms with Gasteiger partial charge >= 0.3 is 0 Å². The Hall–Kier alpha value is -5.68. The summed E-state index contributed by atoms with van der Waals surface area (Å²) in [5.41, 5.74) is 12.3. The second-order valence-electron chi connectivity index (χ2n) is 15.7. The van der Waals surface area contributed by atoms with Crippen LogP contribution in [-0.4, -0.2) is 56.1 Å². The van der Waals surface area contributed by atoms with E-state index in [0.29, 0.717) is 52.0 Å². The molecule has 0 atom stereocenters. The highest BCUT2D eigenvalue weighted by molar-refractivity contribution is 9.09. The quantitative estimate of drug-likeness (QED) is 0.0598. The molecule has 2 aliphatic carbocycles. The first-order valence-electron chi connectivity index (χ1n) is 23.5. The molecule has 0 fully saturated rings. The van der Waals surface area contributed by atoms with Gasteiger partial charge in [-0.05, 0) is 158 Å². The highest BCUT2D eigenvalue weighted by atomic mass is 79.9. The Labute approximate surface area is 406 Å². The van der Waals surface area contributed by atoms with E-state index in [4.69, 9.17) is 33.2 Å². The van der Waals surface area contributed by atoms with Crippen molar-refractivity contribution >= 4 is 27.1 Å². The molecule has 0 bridgehead atoms. The number of fused-ring (bicyclic) bond motifs is 2. The predicted octanol–water partition coefficient (Wildman–Crippen LogP) is 13.6. The van der Waals surface area contributed by atoms with Crippen LogP contribution >= 0.6 is 15.9 Å². The maximum absolute atomic E-state index is 9.50. The molecule has 67 heavy (non-hydrogen) atoms. The molecule has 0 aromatic heterocycles. The molecule has 1 N–H and O–H groups in total. The van der Waals surface area contributed by atoms with Crippen LogP contribution in [0.1, 0.15) is 85.0 Å². The smallest absolute Gasteiger partial charge is 0.191 e. The summed E-state index contributed by atoms with van der Waals surface area (Å²) in [6.45, 7) is 12.0. The number of aromatic hydroxyl groups is 1. The summed E-state index contributed by atoms with van der Waals surface area (Å²) in [4.78, 5) is 0. The van der Waals surface area contributed by atoms with E-state index in [1.54, 1.807) is 12.1 Å². The summed E-state index contributed by atoms with van der Waals surface area (Å²) in [5.74, 6) is 2.94. The molecule has 0 unspecified atom stereocenters. The van der Waals surface area contributed by atoms with Crippen LogP contribution in [0, 0.1) is 0 Å². The lowest BCUT2D eigenvalue weighted by Crippen LogP contribution is -2.25. The minimum Gasteiger partial charge on any atom is -0.508 e. The third-order valence-corrected chi connectivity index (χ3v) is 11.5. The molecule has 8 nitrogen and oxygen atoms in total. The van der Waals surface area contributed by atoms with Crippen LogP contribution in [0.4, 0.5) is 0 Å². The molecule has 0 radical (unpaired) electrons. The monoisotopic (exact) mass is 968 g/mol. The maximum atomic E-state index is 9.50. The van der Waals surface area contributed by atoms with Crippen molar-refractivity contribution in [3.63, 3.8) is 0 Å². The van der Waals surface area contributed by atoms with E-state index in [-0.39, 0.29) is 12.6 Å². The largest absolute Gasteiger partial charge is 0.508 e. The highest BCUT2D eigenvalue weighted by Crippen LogP contribution is 2.36. The number of phenolic OH excluding ortho intramolecular Hbond substituents is 1. The molecule has 0 saturated carbocycles. The molecule has 9 heteroatoms. The van der Waals surface area contributed by atoms with Gasteiger partial charge in [-0.3, -0.25) is 0 Å². The van der Waals surface area contributed by atoms with E-state index < -0.39 is 0 Å². The summed E-state index contributed by atoms with van der Waals surface area (Å²) >= 11 is 3.27. The molecule has 0 spiro atoms. The van der Waals surface area contributed by atoms with Gasteiger partial charge in [-0.15, -0.1) is 0 Å². The topological polar surface area (TPSA) is 84.8 Å². The van der Waals surface area contributed by atoms with Gasteiger partial charge in [0.05, 0.1) is 5.33 Å². The van der Waals surface area contributed by atoms with Crippen LogP contribution in [-0.2, 0) is 45.0 Å². The van der Waals surface area contributed by atoms with Gasteiger partial charge in [-0.2, -0.15) is 0 Å². The Kier molecular flexibility index (Phi) is 21.1. The molecule has 2 aliphatic rings. The summed E-state index contributed by atoms with van der Waals surface area (Å²) in [7, 11) is 0. The number of halogens is 1. The van der Waals surface area contributed by atoms with Gasteiger partial charge in [0, 0.05) is 26.4 Å². The van der Waals surface area contributed by atoms with E-state index in [0.717, 1.165) is 53.8 Å². The number of hydrogen-bond acceptors (Lipinski definition) is 8. The van der Waals surface area contributed by atoms with Crippen LogP contribution in [0.5, 0.6) is 23.0 Å². The predicted molar refractivity (Wildman–Crippen MR) is 273 cm³/mol. The van der Waals surface area contributed by atoms with Gasteiger partial charge in [-0.1, -0.05) is 125 Å². The molecule has 0 heterocycles. The number of ether oxygens (including phenoxy) is 7. The normalized spacial score (nSPS) is 12.6. The molecule has 0 aliphatic heterocycles. The van der Waals surface area contributed by atoms with Crippen LogP contribution < -0.4 is 14.2 Å². The zero-order valence-electron chi connectivity index (χ0n) is 39.3. The summed E-state index contributed by atoms with van der Waals surface area (Å²) in [6.07, 6.45) is 8.28. The fourth-order valence-electron chi connectivity index (χ4n) is 7.81. The second kappa shape index (κ2) is 27.8. The Morgan fingerprint density at radius 3 is 1.33 bits per heavy atom. The average Bonchev–Trinajstić information content (AvgIpc) is 3.37. The van der Waals surface area contributed by atoms with Crippen molar-refractivity contribution in [1.29, 1.82) is 0 Å². The van der Waals surface area contributed by atoms with Gasteiger partial charge in [0.15, 0.2) is 12.6 Å². The fourth-order valence-corrected chi connectivity index (χ4v) is 8.19. The van der Waals surface area contributed by atoms with Crippen molar-refractivity contribution in [2.75, 3.05) is 38.4 Å². The lowest BCUT2D eigenvalue weighted by atomic mass is 9.87. The number of benzene rings is 6. The molecule has 6 aromatic carbocycles. The first-order valence-corrected chi connectivity index (χ1v) is 24.6. The third-order valence-electron chi connectivity index (χ3n) is 11.0. The number of rotatable bonds is 20. The first-order chi connectivity index (χ1) is 32.9. The Balaban J connectivity index is 0.000000192. The van der Waals surface area contributed by atoms with E-state index in [1.807, 2.05) is 94.4 Å². The molecule has 6 aromatic rings.